The van der Waals surface area contributed by atoms with Crippen LogP contribution < -0.4 is 11.1 Å². The van der Waals surface area contributed by atoms with Crippen molar-refractivity contribution in [1.29, 1.82) is 0 Å². The van der Waals surface area contributed by atoms with E-state index in [0.29, 0.717) is 0 Å². The first-order chi connectivity index (χ1) is 9.36. The van der Waals surface area contributed by atoms with Crippen LogP contribution in [0.4, 0.5) is 11.5 Å². The number of hydrogen-bond acceptors (Lipinski definition) is 3. The molecule has 1 unspecified atom stereocenters. The summed E-state index contributed by atoms with van der Waals surface area (Å²) in [5.74, 6) is 0.882. The molecule has 20 heavy (non-hydrogen) atoms. The summed E-state index contributed by atoms with van der Waals surface area (Å²) in [5.41, 5.74) is 9.12. The lowest BCUT2D eigenvalue weighted by molar-refractivity contribution is 0.587. The molecule has 1 aromatic heterocycles. The smallest absolute Gasteiger partial charge is 0.126 e. The van der Waals surface area contributed by atoms with Crippen LogP contribution in [0.3, 0.4) is 0 Å². The molecule has 0 saturated heterocycles. The first-order valence-electron chi connectivity index (χ1n) is 6.95. The normalized spacial score (nSPS) is 13.0. The molecule has 0 aliphatic rings. The first-order valence-corrected chi connectivity index (χ1v) is 6.95. The largest absolute Gasteiger partial charge is 0.399 e. The van der Waals surface area contributed by atoms with Crippen molar-refractivity contribution in [3.05, 3.63) is 53.7 Å². The van der Waals surface area contributed by atoms with Gasteiger partial charge in [0.15, 0.2) is 0 Å². The number of pyridine rings is 1. The van der Waals surface area contributed by atoms with E-state index in [-0.39, 0.29) is 11.5 Å². The molecule has 0 aliphatic carbocycles. The lowest BCUT2D eigenvalue weighted by Crippen LogP contribution is -2.13. The molecule has 1 aromatic carbocycles. The average molecular weight is 269 g/mol. The highest BCUT2D eigenvalue weighted by Gasteiger charge is 2.14. The van der Waals surface area contributed by atoms with Crippen molar-refractivity contribution < 1.29 is 0 Å². The van der Waals surface area contributed by atoms with Crippen LogP contribution in [0.15, 0.2) is 42.6 Å². The third-order valence-electron chi connectivity index (χ3n) is 3.40. The molecular weight excluding hydrogens is 246 g/mol. The van der Waals surface area contributed by atoms with E-state index >= 15 is 0 Å². The molecule has 0 bridgehead atoms. The van der Waals surface area contributed by atoms with Gasteiger partial charge < -0.3 is 11.1 Å². The second-order valence-corrected chi connectivity index (χ2v) is 6.22. The molecule has 0 saturated carbocycles. The zero-order valence-corrected chi connectivity index (χ0v) is 12.6. The van der Waals surface area contributed by atoms with Crippen LogP contribution in [0.1, 0.15) is 44.9 Å². The van der Waals surface area contributed by atoms with Gasteiger partial charge in [-0.05, 0) is 41.7 Å². The fourth-order valence-electron chi connectivity index (χ4n) is 2.06. The molecule has 2 rings (SSSR count). The molecule has 3 heteroatoms. The van der Waals surface area contributed by atoms with Gasteiger partial charge >= 0.3 is 0 Å². The van der Waals surface area contributed by atoms with Crippen LogP contribution in [-0.2, 0) is 5.41 Å². The number of rotatable bonds is 3. The van der Waals surface area contributed by atoms with Crippen LogP contribution in [0.2, 0.25) is 0 Å². The molecule has 0 amide bonds. The molecule has 106 valence electrons. The monoisotopic (exact) mass is 269 g/mol. The van der Waals surface area contributed by atoms with Gasteiger partial charge in [-0.25, -0.2) is 4.98 Å². The molecule has 3 nitrogen and oxygen atoms in total. The predicted octanol–water partition coefficient (Wildman–Crippen LogP) is 4.13. The number of anilines is 2. The number of nitrogens with zero attached hydrogens (tertiary/aromatic N) is 1. The summed E-state index contributed by atoms with van der Waals surface area (Å²) in [6.07, 6.45) is 1.94. The van der Waals surface area contributed by atoms with E-state index in [1.54, 1.807) is 0 Å². The standard InChI is InChI=1S/C17H23N3/c1-12(13-6-5-7-15(18)10-13)20-16-9-8-14(11-19-16)17(2,3)4/h5-12H,18H2,1-4H3,(H,19,20). The van der Waals surface area contributed by atoms with E-state index in [1.165, 1.54) is 5.56 Å². The summed E-state index contributed by atoms with van der Waals surface area (Å²) < 4.78 is 0. The number of benzene rings is 1. The maximum absolute atomic E-state index is 5.81. The minimum absolute atomic E-state index is 0.130. The van der Waals surface area contributed by atoms with Crippen LogP contribution in [0, 0.1) is 0 Å². The third kappa shape index (κ3) is 3.50. The maximum Gasteiger partial charge on any atom is 0.126 e. The number of nitrogens with two attached hydrogens (primary N) is 1. The van der Waals surface area contributed by atoms with E-state index < -0.39 is 0 Å². The topological polar surface area (TPSA) is 50.9 Å². The van der Waals surface area contributed by atoms with Gasteiger partial charge in [-0.3, -0.25) is 0 Å². The van der Waals surface area contributed by atoms with Crippen molar-refractivity contribution in [2.45, 2.75) is 39.2 Å². The molecule has 1 atom stereocenters. The summed E-state index contributed by atoms with van der Waals surface area (Å²) >= 11 is 0. The molecule has 3 N–H and O–H groups in total. The van der Waals surface area contributed by atoms with Crippen LogP contribution >= 0.6 is 0 Å². The quantitative estimate of drug-likeness (QED) is 0.824. The van der Waals surface area contributed by atoms with E-state index in [4.69, 9.17) is 5.73 Å². The number of nitrogen functional groups attached to an aromatic ring is 1. The van der Waals surface area contributed by atoms with Gasteiger partial charge in [0.25, 0.3) is 0 Å². The lowest BCUT2D eigenvalue weighted by Gasteiger charge is -2.20. The fraction of sp³-hybridized carbons (Fsp3) is 0.353. The summed E-state index contributed by atoms with van der Waals surface area (Å²) in [6, 6.07) is 12.3. The zero-order chi connectivity index (χ0) is 14.8. The van der Waals surface area contributed by atoms with E-state index in [2.05, 4.69) is 50.1 Å². The van der Waals surface area contributed by atoms with Gasteiger partial charge in [0.1, 0.15) is 5.82 Å². The predicted molar refractivity (Wildman–Crippen MR) is 85.8 cm³/mol. The van der Waals surface area contributed by atoms with Gasteiger partial charge in [-0.1, -0.05) is 39.0 Å². The SMILES string of the molecule is CC(Nc1ccc(C(C)(C)C)cn1)c1cccc(N)c1. The van der Waals surface area contributed by atoms with Crippen molar-refractivity contribution >= 4 is 11.5 Å². The van der Waals surface area contributed by atoms with Gasteiger partial charge in [0.2, 0.25) is 0 Å². The summed E-state index contributed by atoms with van der Waals surface area (Å²) in [7, 11) is 0. The Balaban J connectivity index is 2.10. The lowest BCUT2D eigenvalue weighted by atomic mass is 9.88. The zero-order valence-electron chi connectivity index (χ0n) is 12.6. The number of nitrogens with one attached hydrogen (secondary N) is 1. The number of aromatic nitrogens is 1. The van der Waals surface area contributed by atoms with E-state index in [9.17, 15) is 0 Å². The summed E-state index contributed by atoms with van der Waals surface area (Å²) in [4.78, 5) is 4.49. The minimum atomic E-state index is 0.130. The second-order valence-electron chi connectivity index (χ2n) is 6.22. The Bertz CT molecular complexity index is 568. The first kappa shape index (κ1) is 14.4. The van der Waals surface area contributed by atoms with Crippen molar-refractivity contribution in [1.82, 2.24) is 4.98 Å². The average Bonchev–Trinajstić information content (AvgIpc) is 2.38. The molecule has 0 radical (unpaired) electrons. The fourth-order valence-corrected chi connectivity index (χ4v) is 2.06. The second kappa shape index (κ2) is 5.53. The van der Waals surface area contributed by atoms with Crippen LogP contribution in [0.25, 0.3) is 0 Å². The Labute approximate surface area is 121 Å². The molecule has 0 aliphatic heterocycles. The Morgan fingerprint density at radius 1 is 1.15 bits per heavy atom. The molecule has 0 spiro atoms. The highest BCUT2D eigenvalue weighted by molar-refractivity contribution is 5.45. The highest BCUT2D eigenvalue weighted by atomic mass is 15.0. The maximum atomic E-state index is 5.81. The summed E-state index contributed by atoms with van der Waals surface area (Å²) in [6.45, 7) is 8.67. The molecular formula is C17H23N3. The van der Waals surface area contributed by atoms with E-state index in [1.807, 2.05) is 30.5 Å². The van der Waals surface area contributed by atoms with Gasteiger partial charge in [0, 0.05) is 11.9 Å². The third-order valence-corrected chi connectivity index (χ3v) is 3.40. The molecule has 0 fully saturated rings. The minimum Gasteiger partial charge on any atom is -0.399 e. The summed E-state index contributed by atoms with van der Waals surface area (Å²) in [5, 5.41) is 3.40. The number of hydrogen-bond donors (Lipinski definition) is 2. The van der Waals surface area contributed by atoms with Gasteiger partial charge in [-0.15, -0.1) is 0 Å². The van der Waals surface area contributed by atoms with E-state index in [0.717, 1.165) is 17.1 Å². The molecule has 1 heterocycles. The Morgan fingerprint density at radius 3 is 2.45 bits per heavy atom. The Morgan fingerprint density at radius 2 is 1.90 bits per heavy atom. The highest BCUT2D eigenvalue weighted by Crippen LogP contribution is 2.24. The van der Waals surface area contributed by atoms with Crippen LogP contribution in [0.5, 0.6) is 0 Å². The molecule has 2 aromatic rings. The van der Waals surface area contributed by atoms with Crippen molar-refractivity contribution in [3.8, 4) is 0 Å². The van der Waals surface area contributed by atoms with Crippen LogP contribution in [-0.4, -0.2) is 4.98 Å². The van der Waals surface area contributed by atoms with Crippen molar-refractivity contribution in [2.24, 2.45) is 0 Å². The Hall–Kier alpha value is -2.03. The Kier molecular flexibility index (Phi) is 3.98. The van der Waals surface area contributed by atoms with Gasteiger partial charge in [-0.2, -0.15) is 0 Å². The van der Waals surface area contributed by atoms with Crippen molar-refractivity contribution in [2.75, 3.05) is 11.1 Å². The van der Waals surface area contributed by atoms with Gasteiger partial charge in [0.05, 0.1) is 6.04 Å². The van der Waals surface area contributed by atoms with Crippen molar-refractivity contribution in [3.63, 3.8) is 0 Å².